The minimum absolute atomic E-state index is 0.204. The first kappa shape index (κ1) is 14.0. The van der Waals surface area contributed by atoms with E-state index in [1.807, 2.05) is 0 Å². The van der Waals surface area contributed by atoms with Crippen molar-refractivity contribution in [1.82, 2.24) is 0 Å². The van der Waals surface area contributed by atoms with Crippen molar-refractivity contribution in [3.8, 4) is 11.5 Å². The zero-order valence-corrected chi connectivity index (χ0v) is 12.1. The maximum Gasteiger partial charge on any atom is 0.231 e. The van der Waals surface area contributed by atoms with Crippen molar-refractivity contribution in [2.75, 3.05) is 6.79 Å². The zero-order valence-electron chi connectivity index (χ0n) is 11.3. The van der Waals surface area contributed by atoms with Crippen molar-refractivity contribution < 1.29 is 14.6 Å². The standard InChI is InChI=1S/C15H20ClNO3/c16-11-7-13-12(19-8-20-13)6-10(11)14(17)15(18)9-4-2-1-3-5-9/h6-7,9,14-15,18H,1-5,8,17H2/t14-,15+/m1/s1. The SMILES string of the molecule is N[C@H](c1cc2c(cc1Cl)OCO2)[C@@H](O)C1CCCCC1. The Hall–Kier alpha value is -0.970. The van der Waals surface area contributed by atoms with Crippen LogP contribution in [0.1, 0.15) is 43.7 Å². The van der Waals surface area contributed by atoms with Gasteiger partial charge in [0.2, 0.25) is 6.79 Å². The predicted molar refractivity (Wildman–Crippen MR) is 77.1 cm³/mol. The number of hydrogen-bond acceptors (Lipinski definition) is 4. The monoisotopic (exact) mass is 297 g/mol. The molecular formula is C15H20ClNO3. The molecule has 0 saturated heterocycles. The lowest BCUT2D eigenvalue weighted by Gasteiger charge is -2.31. The van der Waals surface area contributed by atoms with Crippen LogP contribution in [0.3, 0.4) is 0 Å². The molecule has 2 atom stereocenters. The number of hydrogen-bond donors (Lipinski definition) is 2. The Labute approximate surface area is 123 Å². The van der Waals surface area contributed by atoms with E-state index >= 15 is 0 Å². The number of nitrogens with two attached hydrogens (primary N) is 1. The number of benzene rings is 1. The second-order valence-corrected chi connectivity index (χ2v) is 6.05. The molecule has 0 bridgehead atoms. The summed E-state index contributed by atoms with van der Waals surface area (Å²) in [6.45, 7) is 0.204. The van der Waals surface area contributed by atoms with Gasteiger partial charge in [-0.25, -0.2) is 0 Å². The van der Waals surface area contributed by atoms with Gasteiger partial charge in [-0.2, -0.15) is 0 Å². The molecule has 0 spiro atoms. The Morgan fingerprint density at radius 3 is 2.50 bits per heavy atom. The highest BCUT2D eigenvalue weighted by Gasteiger charge is 2.30. The molecule has 4 nitrogen and oxygen atoms in total. The van der Waals surface area contributed by atoms with E-state index in [-0.39, 0.29) is 12.7 Å². The summed E-state index contributed by atoms with van der Waals surface area (Å²) in [4.78, 5) is 0. The lowest BCUT2D eigenvalue weighted by Crippen LogP contribution is -2.34. The average Bonchev–Trinajstić information content (AvgIpc) is 2.93. The Kier molecular flexibility index (Phi) is 4.06. The molecule has 2 aliphatic rings. The molecule has 110 valence electrons. The van der Waals surface area contributed by atoms with Gasteiger partial charge in [-0.1, -0.05) is 30.9 Å². The number of aliphatic hydroxyl groups excluding tert-OH is 1. The molecule has 0 radical (unpaired) electrons. The molecule has 5 heteroatoms. The largest absolute Gasteiger partial charge is 0.454 e. The van der Waals surface area contributed by atoms with Gasteiger partial charge in [0.15, 0.2) is 11.5 Å². The van der Waals surface area contributed by atoms with Crippen molar-refractivity contribution in [2.45, 2.75) is 44.2 Å². The number of halogens is 1. The van der Waals surface area contributed by atoms with Crippen LogP contribution in [0.2, 0.25) is 5.02 Å². The number of ether oxygens (including phenoxy) is 2. The third-order valence-corrected chi connectivity index (χ3v) is 4.68. The van der Waals surface area contributed by atoms with Crippen LogP contribution in [-0.4, -0.2) is 18.0 Å². The Balaban J connectivity index is 1.80. The Morgan fingerprint density at radius 1 is 1.15 bits per heavy atom. The van der Waals surface area contributed by atoms with Gasteiger partial charge in [0.1, 0.15) is 0 Å². The van der Waals surface area contributed by atoms with E-state index in [2.05, 4.69) is 0 Å². The van der Waals surface area contributed by atoms with Crippen LogP contribution in [-0.2, 0) is 0 Å². The number of aliphatic hydroxyl groups is 1. The van der Waals surface area contributed by atoms with Crippen LogP contribution in [0, 0.1) is 5.92 Å². The maximum atomic E-state index is 10.5. The minimum Gasteiger partial charge on any atom is -0.454 e. The normalized spacial score (nSPS) is 21.8. The molecule has 1 fully saturated rings. The summed E-state index contributed by atoms with van der Waals surface area (Å²) in [5.74, 6) is 1.55. The van der Waals surface area contributed by atoms with E-state index in [1.54, 1.807) is 12.1 Å². The van der Waals surface area contributed by atoms with Crippen molar-refractivity contribution in [1.29, 1.82) is 0 Å². The summed E-state index contributed by atoms with van der Waals surface area (Å²) in [5.41, 5.74) is 6.96. The zero-order chi connectivity index (χ0) is 14.1. The van der Waals surface area contributed by atoms with Crippen LogP contribution in [0.5, 0.6) is 11.5 Å². The van der Waals surface area contributed by atoms with Crippen LogP contribution < -0.4 is 15.2 Å². The highest BCUT2D eigenvalue weighted by atomic mass is 35.5. The van der Waals surface area contributed by atoms with Gasteiger partial charge in [-0.3, -0.25) is 0 Å². The van der Waals surface area contributed by atoms with E-state index < -0.39 is 12.1 Å². The third kappa shape index (κ3) is 2.60. The van der Waals surface area contributed by atoms with Crippen LogP contribution in [0.4, 0.5) is 0 Å². The molecule has 0 amide bonds. The fourth-order valence-corrected chi connectivity index (χ4v) is 3.42. The van der Waals surface area contributed by atoms with E-state index in [0.29, 0.717) is 16.5 Å². The lowest BCUT2D eigenvalue weighted by molar-refractivity contribution is 0.0618. The second-order valence-electron chi connectivity index (χ2n) is 5.64. The number of rotatable bonds is 3. The molecule has 1 aliphatic carbocycles. The predicted octanol–water partition coefficient (Wildman–Crippen LogP) is 3.01. The van der Waals surface area contributed by atoms with Crippen molar-refractivity contribution in [3.05, 3.63) is 22.7 Å². The highest BCUT2D eigenvalue weighted by molar-refractivity contribution is 6.31. The Morgan fingerprint density at radius 2 is 1.80 bits per heavy atom. The summed E-state index contributed by atoms with van der Waals surface area (Å²) in [6.07, 6.45) is 5.11. The smallest absolute Gasteiger partial charge is 0.231 e. The first-order valence-electron chi connectivity index (χ1n) is 7.19. The second kappa shape index (κ2) is 5.80. The van der Waals surface area contributed by atoms with E-state index in [4.69, 9.17) is 26.8 Å². The molecule has 1 aromatic carbocycles. The van der Waals surface area contributed by atoms with Crippen LogP contribution in [0.15, 0.2) is 12.1 Å². The lowest BCUT2D eigenvalue weighted by atomic mass is 9.81. The van der Waals surface area contributed by atoms with E-state index in [9.17, 15) is 5.11 Å². The summed E-state index contributed by atoms with van der Waals surface area (Å²) in [7, 11) is 0. The Bertz CT molecular complexity index is 488. The fourth-order valence-electron chi connectivity index (χ4n) is 3.14. The van der Waals surface area contributed by atoms with E-state index in [1.165, 1.54) is 19.3 Å². The van der Waals surface area contributed by atoms with Crippen molar-refractivity contribution in [3.63, 3.8) is 0 Å². The minimum atomic E-state index is -0.562. The fraction of sp³-hybridized carbons (Fsp3) is 0.600. The van der Waals surface area contributed by atoms with Gasteiger partial charge < -0.3 is 20.3 Å². The van der Waals surface area contributed by atoms with Gasteiger partial charge in [0.05, 0.1) is 12.1 Å². The average molecular weight is 298 g/mol. The van der Waals surface area contributed by atoms with Gasteiger partial charge >= 0.3 is 0 Å². The summed E-state index contributed by atoms with van der Waals surface area (Å²) in [5, 5.41) is 11.0. The summed E-state index contributed by atoms with van der Waals surface area (Å²) >= 11 is 6.26. The van der Waals surface area contributed by atoms with Crippen LogP contribution >= 0.6 is 11.6 Å². The highest BCUT2D eigenvalue weighted by Crippen LogP contribution is 2.40. The molecular weight excluding hydrogens is 278 g/mol. The van der Waals surface area contributed by atoms with Gasteiger partial charge in [0.25, 0.3) is 0 Å². The molecule has 1 heterocycles. The first-order chi connectivity index (χ1) is 9.66. The summed E-state index contributed by atoms with van der Waals surface area (Å²) in [6, 6.07) is 3.02. The first-order valence-corrected chi connectivity index (χ1v) is 7.57. The molecule has 0 unspecified atom stereocenters. The maximum absolute atomic E-state index is 10.5. The molecule has 1 saturated carbocycles. The van der Waals surface area contributed by atoms with Crippen molar-refractivity contribution >= 4 is 11.6 Å². The topological polar surface area (TPSA) is 64.7 Å². The van der Waals surface area contributed by atoms with Crippen molar-refractivity contribution in [2.24, 2.45) is 11.7 Å². The quantitative estimate of drug-likeness (QED) is 0.900. The van der Waals surface area contributed by atoms with Gasteiger partial charge in [0, 0.05) is 11.1 Å². The molecule has 3 rings (SSSR count). The number of fused-ring (bicyclic) bond motifs is 1. The summed E-state index contributed by atoms with van der Waals surface area (Å²) < 4.78 is 10.6. The van der Waals surface area contributed by atoms with Gasteiger partial charge in [-0.15, -0.1) is 0 Å². The molecule has 3 N–H and O–H groups in total. The molecule has 1 aliphatic heterocycles. The molecule has 20 heavy (non-hydrogen) atoms. The van der Waals surface area contributed by atoms with Crippen LogP contribution in [0.25, 0.3) is 0 Å². The molecule has 1 aromatic rings. The van der Waals surface area contributed by atoms with E-state index in [0.717, 1.165) is 18.4 Å². The third-order valence-electron chi connectivity index (χ3n) is 4.35. The van der Waals surface area contributed by atoms with Gasteiger partial charge in [-0.05, 0) is 30.4 Å². The molecule has 0 aromatic heterocycles.